The Hall–Kier alpha value is -0.0400. The summed E-state index contributed by atoms with van der Waals surface area (Å²) in [5.41, 5.74) is 0. The van der Waals surface area contributed by atoms with Gasteiger partial charge in [0, 0.05) is 6.04 Å². The van der Waals surface area contributed by atoms with E-state index in [1.165, 1.54) is 70.8 Å². The van der Waals surface area contributed by atoms with Gasteiger partial charge in [-0.05, 0) is 38.1 Å². The first-order chi connectivity index (χ1) is 7.86. The van der Waals surface area contributed by atoms with Crippen LogP contribution in [-0.4, -0.2) is 12.6 Å². The zero-order chi connectivity index (χ0) is 11.6. The van der Waals surface area contributed by atoms with Crippen LogP contribution in [0.5, 0.6) is 0 Å². The molecule has 1 aliphatic carbocycles. The van der Waals surface area contributed by atoms with Gasteiger partial charge >= 0.3 is 0 Å². The molecule has 0 aromatic carbocycles. The first kappa shape index (κ1) is 14.0. The molecule has 1 rings (SSSR count). The minimum absolute atomic E-state index is 0.842. The van der Waals surface area contributed by atoms with Crippen LogP contribution in [0.15, 0.2) is 0 Å². The van der Waals surface area contributed by atoms with Crippen molar-refractivity contribution in [2.45, 2.75) is 84.1 Å². The van der Waals surface area contributed by atoms with E-state index in [1.54, 1.807) is 0 Å². The Bertz CT molecular complexity index is 150. The molecule has 1 saturated carbocycles. The van der Waals surface area contributed by atoms with Crippen molar-refractivity contribution in [1.82, 2.24) is 5.32 Å². The normalized spacial score (nSPS) is 19.9. The molecule has 0 radical (unpaired) electrons. The summed E-state index contributed by atoms with van der Waals surface area (Å²) in [5, 5.41) is 3.82. The fourth-order valence-electron chi connectivity index (χ4n) is 2.89. The molecule has 1 atom stereocenters. The maximum atomic E-state index is 3.82. The van der Waals surface area contributed by atoms with Gasteiger partial charge in [-0.15, -0.1) is 0 Å². The third kappa shape index (κ3) is 5.89. The number of nitrogens with one attached hydrogen (secondary N) is 1. The Morgan fingerprint density at radius 1 is 1.00 bits per heavy atom. The van der Waals surface area contributed by atoms with Crippen molar-refractivity contribution < 1.29 is 0 Å². The lowest BCUT2D eigenvalue weighted by atomic mass is 9.93. The Balaban J connectivity index is 2.14. The van der Waals surface area contributed by atoms with E-state index in [1.807, 2.05) is 0 Å². The van der Waals surface area contributed by atoms with Gasteiger partial charge in [0.25, 0.3) is 0 Å². The molecule has 1 fully saturated rings. The lowest BCUT2D eigenvalue weighted by Gasteiger charge is -2.25. The fraction of sp³-hybridized carbons (Fsp3) is 1.00. The first-order valence-corrected chi connectivity index (χ1v) is 7.60. The number of hydrogen-bond acceptors (Lipinski definition) is 1. The van der Waals surface area contributed by atoms with Gasteiger partial charge in [0.2, 0.25) is 0 Å². The van der Waals surface area contributed by atoms with Crippen LogP contribution >= 0.6 is 0 Å². The van der Waals surface area contributed by atoms with Crippen LogP contribution in [0.1, 0.15) is 78.1 Å². The van der Waals surface area contributed by atoms with Crippen LogP contribution in [-0.2, 0) is 0 Å². The lowest BCUT2D eigenvalue weighted by Crippen LogP contribution is -2.34. The Kier molecular flexibility index (Phi) is 7.92. The summed E-state index contributed by atoms with van der Waals surface area (Å²) >= 11 is 0. The zero-order valence-electron chi connectivity index (χ0n) is 11.4. The lowest BCUT2D eigenvalue weighted by molar-refractivity contribution is 0.326. The number of rotatable bonds is 8. The zero-order valence-corrected chi connectivity index (χ0v) is 11.4. The topological polar surface area (TPSA) is 12.0 Å². The van der Waals surface area contributed by atoms with Crippen LogP contribution in [0.2, 0.25) is 0 Å². The molecule has 0 saturated heterocycles. The van der Waals surface area contributed by atoms with E-state index >= 15 is 0 Å². The number of unbranched alkanes of at least 4 members (excludes halogenated alkanes) is 1. The second-order valence-electron chi connectivity index (χ2n) is 5.54. The van der Waals surface area contributed by atoms with Crippen LogP contribution in [0.4, 0.5) is 0 Å². The molecule has 1 nitrogen and oxygen atoms in total. The Labute approximate surface area is 102 Å². The van der Waals surface area contributed by atoms with E-state index in [9.17, 15) is 0 Å². The van der Waals surface area contributed by atoms with Gasteiger partial charge < -0.3 is 5.32 Å². The fourth-order valence-corrected chi connectivity index (χ4v) is 2.89. The Morgan fingerprint density at radius 2 is 1.75 bits per heavy atom. The molecule has 96 valence electrons. The average molecular weight is 225 g/mol. The molecule has 0 heterocycles. The first-order valence-electron chi connectivity index (χ1n) is 7.60. The maximum Gasteiger partial charge on any atom is 0.00671 e. The highest BCUT2D eigenvalue weighted by Crippen LogP contribution is 2.19. The molecule has 0 aromatic rings. The molecular formula is C15H31N. The number of hydrogen-bond donors (Lipinski definition) is 1. The van der Waals surface area contributed by atoms with Gasteiger partial charge in [-0.25, -0.2) is 0 Å². The second-order valence-corrected chi connectivity index (χ2v) is 5.54. The molecule has 1 unspecified atom stereocenters. The summed E-state index contributed by atoms with van der Waals surface area (Å²) < 4.78 is 0. The van der Waals surface area contributed by atoms with Crippen LogP contribution in [0.3, 0.4) is 0 Å². The van der Waals surface area contributed by atoms with Crippen LogP contribution < -0.4 is 5.32 Å². The highest BCUT2D eigenvalue weighted by Gasteiger charge is 2.14. The molecule has 0 aromatic heterocycles. The predicted octanol–water partition coefficient (Wildman–Crippen LogP) is 4.52. The van der Waals surface area contributed by atoms with Crippen molar-refractivity contribution in [2.24, 2.45) is 5.92 Å². The van der Waals surface area contributed by atoms with Crippen molar-refractivity contribution in [3.63, 3.8) is 0 Å². The monoisotopic (exact) mass is 225 g/mol. The third-order valence-electron chi connectivity index (χ3n) is 3.96. The summed E-state index contributed by atoms with van der Waals surface area (Å²) in [6.07, 6.45) is 14.2. The van der Waals surface area contributed by atoms with E-state index in [4.69, 9.17) is 0 Å². The Morgan fingerprint density at radius 3 is 2.38 bits per heavy atom. The molecule has 1 aliphatic rings. The smallest absolute Gasteiger partial charge is 0.00671 e. The summed E-state index contributed by atoms with van der Waals surface area (Å²) in [6, 6.07) is 0.842. The molecule has 0 spiro atoms. The van der Waals surface area contributed by atoms with E-state index in [0.717, 1.165) is 12.0 Å². The SMILES string of the molecule is CCCCC(CCC)CNC1CCCCC1. The van der Waals surface area contributed by atoms with Crippen LogP contribution in [0, 0.1) is 5.92 Å². The molecule has 0 bridgehead atoms. The molecule has 1 N–H and O–H groups in total. The maximum absolute atomic E-state index is 3.82. The average Bonchev–Trinajstić information content (AvgIpc) is 2.34. The summed E-state index contributed by atoms with van der Waals surface area (Å²) in [5.74, 6) is 0.937. The van der Waals surface area contributed by atoms with E-state index in [0.29, 0.717) is 0 Å². The van der Waals surface area contributed by atoms with E-state index in [-0.39, 0.29) is 0 Å². The van der Waals surface area contributed by atoms with Gasteiger partial charge in [0.1, 0.15) is 0 Å². The van der Waals surface area contributed by atoms with Gasteiger partial charge in [0.05, 0.1) is 0 Å². The molecule has 16 heavy (non-hydrogen) atoms. The highest BCUT2D eigenvalue weighted by atomic mass is 14.9. The van der Waals surface area contributed by atoms with Crippen molar-refractivity contribution in [1.29, 1.82) is 0 Å². The van der Waals surface area contributed by atoms with Crippen molar-refractivity contribution in [3.05, 3.63) is 0 Å². The predicted molar refractivity (Wildman–Crippen MR) is 72.8 cm³/mol. The summed E-state index contributed by atoms with van der Waals surface area (Å²) in [4.78, 5) is 0. The standard InChI is InChI=1S/C15H31N/c1-3-5-10-14(9-4-2)13-16-15-11-7-6-8-12-15/h14-16H,3-13H2,1-2H3. The van der Waals surface area contributed by atoms with Gasteiger partial charge in [0.15, 0.2) is 0 Å². The van der Waals surface area contributed by atoms with E-state index in [2.05, 4.69) is 19.2 Å². The van der Waals surface area contributed by atoms with Gasteiger partial charge in [-0.2, -0.15) is 0 Å². The molecular weight excluding hydrogens is 194 g/mol. The summed E-state index contributed by atoms with van der Waals surface area (Å²) in [7, 11) is 0. The van der Waals surface area contributed by atoms with E-state index < -0.39 is 0 Å². The minimum Gasteiger partial charge on any atom is -0.314 e. The van der Waals surface area contributed by atoms with Crippen LogP contribution in [0.25, 0.3) is 0 Å². The quantitative estimate of drug-likeness (QED) is 0.640. The highest BCUT2D eigenvalue weighted by molar-refractivity contribution is 4.73. The van der Waals surface area contributed by atoms with Gasteiger partial charge in [-0.3, -0.25) is 0 Å². The molecule has 0 amide bonds. The molecule has 1 heteroatoms. The third-order valence-corrected chi connectivity index (χ3v) is 3.96. The molecule has 0 aliphatic heterocycles. The minimum atomic E-state index is 0.842. The largest absolute Gasteiger partial charge is 0.314 e. The van der Waals surface area contributed by atoms with Crippen molar-refractivity contribution >= 4 is 0 Å². The van der Waals surface area contributed by atoms with Crippen molar-refractivity contribution in [3.8, 4) is 0 Å². The van der Waals surface area contributed by atoms with Crippen molar-refractivity contribution in [2.75, 3.05) is 6.54 Å². The summed E-state index contributed by atoms with van der Waals surface area (Å²) in [6.45, 7) is 5.90. The second kappa shape index (κ2) is 9.04. The van der Waals surface area contributed by atoms with Gasteiger partial charge in [-0.1, -0.05) is 52.4 Å².